The fraction of sp³-hybridized carbons (Fsp3) is 0.467. The Hall–Kier alpha value is -1.93. The van der Waals surface area contributed by atoms with Gasteiger partial charge in [0.1, 0.15) is 5.82 Å². The molecule has 0 aliphatic carbocycles. The summed E-state index contributed by atoms with van der Waals surface area (Å²) >= 11 is 0. The van der Waals surface area contributed by atoms with Crippen molar-refractivity contribution >= 4 is 5.91 Å². The molecule has 1 amide bonds. The average molecular weight is 277 g/mol. The zero-order chi connectivity index (χ0) is 15.1. The molecule has 0 atom stereocenters. The summed E-state index contributed by atoms with van der Waals surface area (Å²) in [5.41, 5.74) is 0.787. The molecule has 1 N–H and O–H groups in total. The van der Waals surface area contributed by atoms with Gasteiger partial charge >= 0.3 is 0 Å². The van der Waals surface area contributed by atoms with Crippen LogP contribution in [0.2, 0.25) is 0 Å². The zero-order valence-corrected chi connectivity index (χ0v) is 12.1. The van der Waals surface area contributed by atoms with Crippen molar-refractivity contribution in [2.24, 2.45) is 0 Å². The molecule has 1 aromatic carbocycles. The molecule has 0 radical (unpaired) electrons. The number of nitrogens with zero attached hydrogens (tertiary/aromatic N) is 2. The molecule has 108 valence electrons. The van der Waals surface area contributed by atoms with E-state index in [2.05, 4.69) is 5.32 Å². The molecule has 0 aromatic heterocycles. The summed E-state index contributed by atoms with van der Waals surface area (Å²) in [6, 6.07) is 6.39. The van der Waals surface area contributed by atoms with Crippen LogP contribution < -0.4 is 5.32 Å². The minimum Gasteiger partial charge on any atom is -0.353 e. The molecule has 20 heavy (non-hydrogen) atoms. The van der Waals surface area contributed by atoms with Crippen LogP contribution in [0.25, 0.3) is 0 Å². The van der Waals surface area contributed by atoms with Crippen LogP contribution >= 0.6 is 0 Å². The van der Waals surface area contributed by atoms with E-state index in [1.54, 1.807) is 12.1 Å². The second-order valence-corrected chi connectivity index (χ2v) is 4.94. The van der Waals surface area contributed by atoms with Crippen LogP contribution in [0.5, 0.6) is 0 Å². The van der Waals surface area contributed by atoms with Crippen molar-refractivity contribution in [3.05, 3.63) is 35.1 Å². The Labute approximate surface area is 119 Å². The molecule has 0 fully saturated rings. The number of carbonyl (C=O) groups is 1. The van der Waals surface area contributed by atoms with E-state index < -0.39 is 5.82 Å². The molecule has 0 bridgehead atoms. The molecule has 0 saturated heterocycles. The number of rotatable bonds is 6. The first-order valence-electron chi connectivity index (χ1n) is 6.66. The number of amides is 1. The zero-order valence-electron chi connectivity index (χ0n) is 12.1. The van der Waals surface area contributed by atoms with E-state index in [4.69, 9.17) is 5.26 Å². The number of benzene rings is 1. The quantitative estimate of drug-likeness (QED) is 0.865. The number of likely N-dealkylation sites (N-methyl/N-ethyl adjacent to an activating group) is 1. The lowest BCUT2D eigenvalue weighted by molar-refractivity contribution is -0.122. The summed E-state index contributed by atoms with van der Waals surface area (Å²) in [6.45, 7) is 6.94. The molecular formula is C15H20FN3O. The smallest absolute Gasteiger partial charge is 0.234 e. The summed E-state index contributed by atoms with van der Waals surface area (Å²) in [7, 11) is 0. The third-order valence-corrected chi connectivity index (χ3v) is 2.84. The Bertz CT molecular complexity index is 508. The minimum atomic E-state index is -0.410. The van der Waals surface area contributed by atoms with Gasteiger partial charge in [0.15, 0.2) is 0 Å². The van der Waals surface area contributed by atoms with Crippen molar-refractivity contribution in [2.75, 3.05) is 13.1 Å². The van der Waals surface area contributed by atoms with Gasteiger partial charge in [-0.2, -0.15) is 5.26 Å². The van der Waals surface area contributed by atoms with Gasteiger partial charge in [-0.1, -0.05) is 13.0 Å². The van der Waals surface area contributed by atoms with E-state index in [1.165, 1.54) is 6.07 Å². The Morgan fingerprint density at radius 2 is 2.20 bits per heavy atom. The van der Waals surface area contributed by atoms with Gasteiger partial charge in [-0.25, -0.2) is 4.39 Å². The summed E-state index contributed by atoms with van der Waals surface area (Å²) in [5.74, 6) is -0.484. The highest BCUT2D eigenvalue weighted by Gasteiger charge is 2.13. The maximum atomic E-state index is 13.8. The van der Waals surface area contributed by atoms with Crippen molar-refractivity contribution in [3.8, 4) is 6.07 Å². The van der Waals surface area contributed by atoms with E-state index in [1.807, 2.05) is 31.7 Å². The van der Waals surface area contributed by atoms with E-state index in [0.717, 1.165) is 0 Å². The van der Waals surface area contributed by atoms with Crippen molar-refractivity contribution in [3.63, 3.8) is 0 Å². The minimum absolute atomic E-state index is 0.0732. The molecule has 0 aliphatic rings. The van der Waals surface area contributed by atoms with E-state index in [0.29, 0.717) is 24.2 Å². The van der Waals surface area contributed by atoms with E-state index in [-0.39, 0.29) is 18.5 Å². The highest BCUT2D eigenvalue weighted by Crippen LogP contribution is 2.12. The lowest BCUT2D eigenvalue weighted by Gasteiger charge is -2.21. The standard InChI is InChI=1S/C15H20FN3O/c1-4-19(10-15(20)18-11(2)3)9-13-6-5-12(8-17)7-14(13)16/h5-7,11H,4,9-10H2,1-3H3,(H,18,20). The monoisotopic (exact) mass is 277 g/mol. The van der Waals surface area contributed by atoms with Crippen LogP contribution in [0.4, 0.5) is 4.39 Å². The predicted molar refractivity (Wildman–Crippen MR) is 75.3 cm³/mol. The molecule has 0 saturated carbocycles. The van der Waals surface area contributed by atoms with Gasteiger partial charge < -0.3 is 5.32 Å². The Kier molecular flexibility index (Phi) is 6.13. The van der Waals surface area contributed by atoms with Crippen molar-refractivity contribution in [1.82, 2.24) is 10.2 Å². The number of hydrogen-bond acceptors (Lipinski definition) is 3. The first-order valence-corrected chi connectivity index (χ1v) is 6.66. The number of halogens is 1. The van der Waals surface area contributed by atoms with Gasteiger partial charge in [0, 0.05) is 18.2 Å². The Morgan fingerprint density at radius 1 is 1.50 bits per heavy atom. The summed E-state index contributed by atoms with van der Waals surface area (Å²) < 4.78 is 13.8. The molecule has 0 heterocycles. The highest BCUT2D eigenvalue weighted by molar-refractivity contribution is 5.78. The molecule has 0 unspecified atom stereocenters. The van der Waals surface area contributed by atoms with Gasteiger partial charge in [-0.05, 0) is 32.5 Å². The highest BCUT2D eigenvalue weighted by atomic mass is 19.1. The molecule has 0 aliphatic heterocycles. The number of nitrogens with one attached hydrogen (secondary N) is 1. The van der Waals surface area contributed by atoms with Gasteiger partial charge in [0.05, 0.1) is 18.2 Å². The summed E-state index contributed by atoms with van der Waals surface area (Å²) in [6.07, 6.45) is 0. The van der Waals surface area contributed by atoms with Crippen molar-refractivity contribution < 1.29 is 9.18 Å². The van der Waals surface area contributed by atoms with Gasteiger partial charge in [-0.15, -0.1) is 0 Å². The maximum Gasteiger partial charge on any atom is 0.234 e. The number of hydrogen-bond donors (Lipinski definition) is 1. The first-order chi connectivity index (χ1) is 9.46. The van der Waals surface area contributed by atoms with Crippen LogP contribution in [-0.2, 0) is 11.3 Å². The fourth-order valence-corrected chi connectivity index (χ4v) is 1.84. The fourth-order valence-electron chi connectivity index (χ4n) is 1.84. The van der Waals surface area contributed by atoms with Gasteiger partial charge in [0.2, 0.25) is 5.91 Å². The third-order valence-electron chi connectivity index (χ3n) is 2.84. The molecule has 1 rings (SSSR count). The third kappa shape index (κ3) is 4.98. The van der Waals surface area contributed by atoms with E-state index in [9.17, 15) is 9.18 Å². The largest absolute Gasteiger partial charge is 0.353 e. The van der Waals surface area contributed by atoms with Gasteiger partial charge in [0.25, 0.3) is 0 Å². The predicted octanol–water partition coefficient (Wildman–Crippen LogP) is 2.04. The maximum absolute atomic E-state index is 13.8. The second-order valence-electron chi connectivity index (χ2n) is 4.94. The van der Waals surface area contributed by atoms with Crippen LogP contribution in [0, 0.1) is 17.1 Å². The van der Waals surface area contributed by atoms with Crippen LogP contribution in [0.15, 0.2) is 18.2 Å². The van der Waals surface area contributed by atoms with Crippen LogP contribution in [0.1, 0.15) is 31.9 Å². The SMILES string of the molecule is CCN(CC(=O)NC(C)C)Cc1ccc(C#N)cc1F. The first kappa shape index (κ1) is 16.1. The van der Waals surface area contributed by atoms with Gasteiger partial charge in [-0.3, -0.25) is 9.69 Å². The topological polar surface area (TPSA) is 56.1 Å². The lowest BCUT2D eigenvalue weighted by atomic mass is 10.1. The lowest BCUT2D eigenvalue weighted by Crippen LogP contribution is -2.39. The number of carbonyl (C=O) groups excluding carboxylic acids is 1. The molecule has 1 aromatic rings. The van der Waals surface area contributed by atoms with Crippen molar-refractivity contribution in [2.45, 2.75) is 33.4 Å². The molecule has 5 heteroatoms. The van der Waals surface area contributed by atoms with E-state index >= 15 is 0 Å². The Morgan fingerprint density at radius 3 is 2.70 bits per heavy atom. The second kappa shape index (κ2) is 7.61. The van der Waals surface area contributed by atoms with Crippen LogP contribution in [0.3, 0.4) is 0 Å². The summed E-state index contributed by atoms with van der Waals surface area (Å²) in [5, 5.41) is 11.5. The number of nitriles is 1. The molecule has 0 spiro atoms. The Balaban J connectivity index is 2.69. The average Bonchev–Trinajstić information content (AvgIpc) is 2.38. The molecular weight excluding hydrogens is 257 g/mol. The van der Waals surface area contributed by atoms with Crippen molar-refractivity contribution in [1.29, 1.82) is 5.26 Å². The molecule has 4 nitrogen and oxygen atoms in total. The normalized spacial score (nSPS) is 10.7. The summed E-state index contributed by atoms with van der Waals surface area (Å²) in [4.78, 5) is 13.6. The van der Waals surface area contributed by atoms with Crippen LogP contribution in [-0.4, -0.2) is 29.9 Å².